The normalized spacial score (nSPS) is 17.6. The van der Waals surface area contributed by atoms with Gasteiger partial charge in [0.1, 0.15) is 11.4 Å². The summed E-state index contributed by atoms with van der Waals surface area (Å²) in [5.74, 6) is 0.318. The molecule has 2 atom stereocenters. The highest BCUT2D eigenvalue weighted by atomic mass is 19.4. The van der Waals surface area contributed by atoms with Crippen molar-refractivity contribution in [1.29, 1.82) is 0 Å². The van der Waals surface area contributed by atoms with Crippen LogP contribution in [0.3, 0.4) is 0 Å². The summed E-state index contributed by atoms with van der Waals surface area (Å²) in [7, 11) is 2.94. The Labute approximate surface area is 188 Å². The maximum atomic E-state index is 13.9. The number of carbonyl (C=O) groups excluding carboxylic acids is 1. The van der Waals surface area contributed by atoms with Gasteiger partial charge < -0.3 is 20.1 Å². The number of hydrogen-bond donors (Lipinski definition) is 2. The lowest BCUT2D eigenvalue weighted by Gasteiger charge is -2.34. The molecule has 2 unspecified atom stereocenters. The smallest absolute Gasteiger partial charge is 0.410 e. The van der Waals surface area contributed by atoms with Crippen LogP contribution >= 0.6 is 0 Å². The molecule has 2 heterocycles. The third kappa shape index (κ3) is 4.46. The van der Waals surface area contributed by atoms with E-state index in [1.807, 2.05) is 19.1 Å². The Morgan fingerprint density at radius 1 is 1.12 bits per heavy atom. The van der Waals surface area contributed by atoms with Gasteiger partial charge in [0.25, 0.3) is 5.91 Å². The van der Waals surface area contributed by atoms with Gasteiger partial charge in [0.15, 0.2) is 17.5 Å². The highest BCUT2D eigenvalue weighted by Gasteiger charge is 2.47. The quantitative estimate of drug-likeness (QED) is 0.553. The van der Waals surface area contributed by atoms with Crippen molar-refractivity contribution in [2.75, 3.05) is 24.9 Å². The molecule has 1 amide bonds. The van der Waals surface area contributed by atoms with Crippen molar-refractivity contribution in [3.8, 4) is 11.5 Å². The molecule has 10 heteroatoms. The van der Waals surface area contributed by atoms with Gasteiger partial charge in [0.2, 0.25) is 0 Å². The Hall–Kier alpha value is -3.69. The van der Waals surface area contributed by atoms with Crippen LogP contribution in [0.4, 0.5) is 24.7 Å². The Bertz CT molecular complexity index is 1160. The summed E-state index contributed by atoms with van der Waals surface area (Å²) < 4.78 is 53.2. The minimum Gasteiger partial charge on any atom is -0.493 e. The molecule has 4 rings (SSSR count). The fourth-order valence-corrected chi connectivity index (χ4v) is 3.85. The number of rotatable bonds is 5. The van der Waals surface area contributed by atoms with E-state index in [9.17, 15) is 18.0 Å². The van der Waals surface area contributed by atoms with Gasteiger partial charge in [-0.15, -0.1) is 0 Å². The molecule has 1 aromatic heterocycles. The largest absolute Gasteiger partial charge is 0.493 e. The van der Waals surface area contributed by atoms with Gasteiger partial charge >= 0.3 is 6.18 Å². The number of alkyl halides is 3. The SMILES string of the molecule is COc1ccc(C2CC(C(F)(F)F)n3ncc(C(=O)Nc4ccc(C)cc4)c3N2)cc1OC. The number of methoxy groups -OCH3 is 2. The first-order chi connectivity index (χ1) is 15.7. The summed E-state index contributed by atoms with van der Waals surface area (Å²) in [5.41, 5.74) is 2.14. The van der Waals surface area contributed by atoms with Gasteiger partial charge in [-0.3, -0.25) is 4.79 Å². The van der Waals surface area contributed by atoms with E-state index in [-0.39, 0.29) is 17.8 Å². The van der Waals surface area contributed by atoms with Crippen LogP contribution in [0.5, 0.6) is 11.5 Å². The Balaban J connectivity index is 1.69. The van der Waals surface area contributed by atoms with Crippen molar-refractivity contribution in [1.82, 2.24) is 9.78 Å². The minimum absolute atomic E-state index is 0.00738. The van der Waals surface area contributed by atoms with Gasteiger partial charge in [-0.1, -0.05) is 23.8 Å². The van der Waals surface area contributed by atoms with E-state index in [2.05, 4.69) is 15.7 Å². The van der Waals surface area contributed by atoms with E-state index in [0.29, 0.717) is 22.7 Å². The van der Waals surface area contributed by atoms with E-state index >= 15 is 0 Å². The molecule has 1 aliphatic rings. The van der Waals surface area contributed by atoms with Crippen LogP contribution in [0, 0.1) is 6.92 Å². The number of benzene rings is 2. The zero-order valence-electron chi connectivity index (χ0n) is 18.2. The third-order valence-corrected chi connectivity index (χ3v) is 5.60. The van der Waals surface area contributed by atoms with E-state index in [1.54, 1.807) is 30.3 Å². The van der Waals surface area contributed by atoms with E-state index < -0.39 is 24.2 Å². The third-order valence-electron chi connectivity index (χ3n) is 5.60. The molecule has 0 spiro atoms. The fourth-order valence-electron chi connectivity index (χ4n) is 3.85. The van der Waals surface area contributed by atoms with Crippen LogP contribution in [0.15, 0.2) is 48.7 Å². The number of hydrogen-bond acceptors (Lipinski definition) is 5. The fraction of sp³-hybridized carbons (Fsp3) is 0.304. The number of halogens is 3. The molecule has 1 aliphatic heterocycles. The first-order valence-corrected chi connectivity index (χ1v) is 10.2. The lowest BCUT2D eigenvalue weighted by molar-refractivity contribution is -0.173. The average Bonchev–Trinajstić information content (AvgIpc) is 3.22. The number of aryl methyl sites for hydroxylation is 1. The summed E-state index contributed by atoms with van der Waals surface area (Å²) in [6.45, 7) is 1.91. The number of nitrogens with one attached hydrogen (secondary N) is 2. The molecular weight excluding hydrogens is 437 g/mol. The summed E-state index contributed by atoms with van der Waals surface area (Å²) in [5, 5.41) is 9.68. The van der Waals surface area contributed by atoms with Crippen molar-refractivity contribution in [3.63, 3.8) is 0 Å². The van der Waals surface area contributed by atoms with E-state index in [1.165, 1.54) is 14.2 Å². The maximum absolute atomic E-state index is 13.9. The number of nitrogens with zero attached hydrogens (tertiary/aromatic N) is 2. The second kappa shape index (κ2) is 8.68. The van der Waals surface area contributed by atoms with E-state index in [4.69, 9.17) is 9.47 Å². The highest BCUT2D eigenvalue weighted by molar-refractivity contribution is 6.07. The molecule has 0 aliphatic carbocycles. The van der Waals surface area contributed by atoms with E-state index in [0.717, 1.165) is 16.4 Å². The lowest BCUT2D eigenvalue weighted by atomic mass is 9.96. The number of anilines is 2. The van der Waals surface area contributed by atoms with Crippen molar-refractivity contribution >= 4 is 17.4 Å². The van der Waals surface area contributed by atoms with Crippen LogP contribution in [0.2, 0.25) is 0 Å². The molecular formula is C23H23F3N4O3. The zero-order chi connectivity index (χ0) is 23.8. The number of amides is 1. The Kier molecular flexibility index (Phi) is 5.92. The summed E-state index contributed by atoms with van der Waals surface area (Å²) in [6, 6.07) is 9.41. The molecule has 0 radical (unpaired) electrons. The van der Waals surface area contributed by atoms with Gasteiger partial charge in [-0.25, -0.2) is 4.68 Å². The molecule has 7 nitrogen and oxygen atoms in total. The second-order valence-electron chi connectivity index (χ2n) is 7.78. The molecule has 174 valence electrons. The van der Waals surface area contributed by atoms with Crippen molar-refractivity contribution in [3.05, 3.63) is 65.4 Å². The summed E-state index contributed by atoms with van der Waals surface area (Å²) in [6.07, 6.45) is -3.70. The van der Waals surface area contributed by atoms with Gasteiger partial charge in [-0.2, -0.15) is 18.3 Å². The molecule has 0 saturated carbocycles. The minimum atomic E-state index is -4.55. The van der Waals surface area contributed by atoms with Crippen LogP contribution in [-0.4, -0.2) is 36.1 Å². The van der Waals surface area contributed by atoms with Crippen molar-refractivity contribution in [2.24, 2.45) is 0 Å². The van der Waals surface area contributed by atoms with Gasteiger partial charge in [-0.05, 0) is 36.8 Å². The topological polar surface area (TPSA) is 77.4 Å². The first-order valence-electron chi connectivity index (χ1n) is 10.2. The molecule has 33 heavy (non-hydrogen) atoms. The predicted octanol–water partition coefficient (Wildman–Crippen LogP) is 5.12. The maximum Gasteiger partial charge on any atom is 0.410 e. The zero-order valence-corrected chi connectivity index (χ0v) is 18.2. The van der Waals surface area contributed by atoms with Crippen molar-refractivity contribution < 1.29 is 27.4 Å². The molecule has 2 N–H and O–H groups in total. The number of aromatic nitrogens is 2. The Morgan fingerprint density at radius 3 is 2.45 bits per heavy atom. The van der Waals surface area contributed by atoms with Crippen molar-refractivity contribution in [2.45, 2.75) is 31.6 Å². The van der Waals surface area contributed by atoms with Gasteiger partial charge in [0, 0.05) is 12.1 Å². The van der Waals surface area contributed by atoms with Gasteiger partial charge in [0.05, 0.1) is 26.5 Å². The standard InChI is InChI=1S/C23H23F3N4O3/c1-13-4-7-15(8-5-13)28-22(31)16-12-27-30-20(23(24,25)26)11-17(29-21(16)30)14-6-9-18(32-2)19(10-14)33-3/h4-10,12,17,20,29H,11H2,1-3H3,(H,28,31). The molecule has 0 bridgehead atoms. The number of fused-ring (bicyclic) bond motifs is 1. The lowest BCUT2D eigenvalue weighted by Crippen LogP contribution is -2.36. The predicted molar refractivity (Wildman–Crippen MR) is 117 cm³/mol. The summed E-state index contributed by atoms with van der Waals surface area (Å²) >= 11 is 0. The summed E-state index contributed by atoms with van der Waals surface area (Å²) in [4.78, 5) is 12.9. The molecule has 2 aromatic carbocycles. The average molecular weight is 460 g/mol. The highest BCUT2D eigenvalue weighted by Crippen LogP contribution is 2.45. The second-order valence-corrected chi connectivity index (χ2v) is 7.78. The Morgan fingerprint density at radius 2 is 1.82 bits per heavy atom. The number of carbonyl (C=O) groups is 1. The molecule has 3 aromatic rings. The van der Waals surface area contributed by atoms with Crippen LogP contribution < -0.4 is 20.1 Å². The molecule has 0 saturated heterocycles. The first kappa shape index (κ1) is 22.5. The van der Waals surface area contributed by atoms with Crippen LogP contribution in [0.25, 0.3) is 0 Å². The molecule has 0 fully saturated rings. The van der Waals surface area contributed by atoms with Crippen LogP contribution in [0.1, 0.15) is 40.0 Å². The number of ether oxygens (including phenoxy) is 2. The van der Waals surface area contributed by atoms with Crippen LogP contribution in [-0.2, 0) is 0 Å². The monoisotopic (exact) mass is 460 g/mol.